The van der Waals surface area contributed by atoms with Crippen LogP contribution in [0.15, 0.2) is 0 Å². The SMILES string of the molecule is O=S1CCN(CCN2CCNCC2)CC1. The minimum Gasteiger partial charge on any atom is -0.314 e. The van der Waals surface area contributed by atoms with Crippen LogP contribution in [0.5, 0.6) is 0 Å². The van der Waals surface area contributed by atoms with Gasteiger partial charge in [0.15, 0.2) is 0 Å². The molecule has 15 heavy (non-hydrogen) atoms. The van der Waals surface area contributed by atoms with Gasteiger partial charge in [-0.3, -0.25) is 9.11 Å². The molecule has 0 aromatic carbocycles. The summed E-state index contributed by atoms with van der Waals surface area (Å²) < 4.78 is 11.2. The summed E-state index contributed by atoms with van der Waals surface area (Å²) in [6.45, 7) is 9.00. The lowest BCUT2D eigenvalue weighted by Crippen LogP contribution is -2.48. The summed E-state index contributed by atoms with van der Waals surface area (Å²) in [5.74, 6) is 1.75. The number of piperazine rings is 1. The summed E-state index contributed by atoms with van der Waals surface area (Å²) >= 11 is 0. The van der Waals surface area contributed by atoms with Gasteiger partial charge < -0.3 is 10.2 Å². The van der Waals surface area contributed by atoms with Gasteiger partial charge in [-0.2, -0.15) is 0 Å². The van der Waals surface area contributed by atoms with Crippen LogP contribution >= 0.6 is 0 Å². The molecule has 2 aliphatic rings. The van der Waals surface area contributed by atoms with Crippen LogP contribution in [0.2, 0.25) is 0 Å². The molecule has 2 fully saturated rings. The lowest BCUT2D eigenvalue weighted by molar-refractivity contribution is 0.196. The predicted octanol–water partition coefficient (Wildman–Crippen LogP) is -1.04. The molecule has 1 N–H and O–H groups in total. The number of rotatable bonds is 3. The summed E-state index contributed by atoms with van der Waals surface area (Å²) in [4.78, 5) is 4.96. The van der Waals surface area contributed by atoms with E-state index in [1.807, 2.05) is 0 Å². The zero-order chi connectivity index (χ0) is 10.5. The molecule has 0 bridgehead atoms. The van der Waals surface area contributed by atoms with Crippen molar-refractivity contribution in [2.75, 3.05) is 63.9 Å². The first-order chi connectivity index (χ1) is 7.34. The van der Waals surface area contributed by atoms with Crippen molar-refractivity contribution >= 4 is 10.8 Å². The second kappa shape index (κ2) is 5.94. The first kappa shape index (κ1) is 11.5. The topological polar surface area (TPSA) is 35.6 Å². The Balaban J connectivity index is 1.62. The summed E-state index contributed by atoms with van der Waals surface area (Å²) in [6.07, 6.45) is 0. The Morgan fingerprint density at radius 2 is 1.47 bits per heavy atom. The van der Waals surface area contributed by atoms with E-state index in [1.54, 1.807) is 0 Å². The Morgan fingerprint density at radius 3 is 2.07 bits per heavy atom. The number of nitrogens with one attached hydrogen (secondary N) is 1. The van der Waals surface area contributed by atoms with Crippen molar-refractivity contribution in [2.24, 2.45) is 0 Å². The third-order valence-electron chi connectivity index (χ3n) is 3.21. The molecule has 0 aliphatic carbocycles. The van der Waals surface area contributed by atoms with Crippen molar-refractivity contribution in [2.45, 2.75) is 0 Å². The molecule has 0 radical (unpaired) electrons. The minimum atomic E-state index is -0.534. The molecule has 2 saturated heterocycles. The highest BCUT2D eigenvalue weighted by Gasteiger charge is 2.16. The van der Waals surface area contributed by atoms with E-state index in [-0.39, 0.29) is 0 Å². The van der Waals surface area contributed by atoms with Crippen molar-refractivity contribution in [1.29, 1.82) is 0 Å². The van der Waals surface area contributed by atoms with Crippen LogP contribution in [0, 0.1) is 0 Å². The van der Waals surface area contributed by atoms with Gasteiger partial charge in [0.2, 0.25) is 0 Å². The molecule has 5 heteroatoms. The summed E-state index contributed by atoms with van der Waals surface area (Å²) in [5, 5.41) is 3.36. The van der Waals surface area contributed by atoms with Crippen molar-refractivity contribution in [3.63, 3.8) is 0 Å². The molecular formula is C10H21N3OS. The second-order valence-corrected chi connectivity index (χ2v) is 5.98. The van der Waals surface area contributed by atoms with E-state index in [1.165, 1.54) is 19.6 Å². The predicted molar refractivity (Wildman–Crippen MR) is 63.6 cm³/mol. The van der Waals surface area contributed by atoms with E-state index in [4.69, 9.17) is 0 Å². The van der Waals surface area contributed by atoms with Gasteiger partial charge in [-0.1, -0.05) is 0 Å². The van der Waals surface area contributed by atoms with Gasteiger partial charge in [0.05, 0.1) is 0 Å². The Bertz CT molecular complexity index is 209. The fraction of sp³-hybridized carbons (Fsp3) is 1.00. The van der Waals surface area contributed by atoms with Gasteiger partial charge in [0, 0.05) is 74.7 Å². The Kier molecular flexibility index (Phi) is 4.56. The minimum absolute atomic E-state index is 0.534. The van der Waals surface area contributed by atoms with E-state index < -0.39 is 10.8 Å². The maximum Gasteiger partial charge on any atom is 0.0363 e. The number of nitrogens with zero attached hydrogens (tertiary/aromatic N) is 2. The van der Waals surface area contributed by atoms with Crippen LogP contribution in [0.1, 0.15) is 0 Å². The zero-order valence-corrected chi connectivity index (χ0v) is 10.1. The largest absolute Gasteiger partial charge is 0.314 e. The summed E-state index contributed by atoms with van der Waals surface area (Å²) in [6, 6.07) is 0. The van der Waals surface area contributed by atoms with Gasteiger partial charge >= 0.3 is 0 Å². The van der Waals surface area contributed by atoms with E-state index in [2.05, 4.69) is 15.1 Å². The molecule has 0 aromatic heterocycles. The first-order valence-corrected chi connectivity index (χ1v) is 7.34. The first-order valence-electron chi connectivity index (χ1n) is 5.85. The van der Waals surface area contributed by atoms with Gasteiger partial charge in [-0.05, 0) is 0 Å². The molecule has 0 atom stereocenters. The number of hydrogen-bond acceptors (Lipinski definition) is 4. The molecule has 2 aliphatic heterocycles. The highest BCUT2D eigenvalue weighted by Crippen LogP contribution is 2.00. The fourth-order valence-electron chi connectivity index (χ4n) is 2.12. The van der Waals surface area contributed by atoms with Crippen molar-refractivity contribution in [3.05, 3.63) is 0 Å². The summed E-state index contributed by atoms with van der Waals surface area (Å²) in [7, 11) is -0.534. The Labute approximate surface area is 94.5 Å². The summed E-state index contributed by atoms with van der Waals surface area (Å²) in [5.41, 5.74) is 0. The van der Waals surface area contributed by atoms with Crippen molar-refractivity contribution in [1.82, 2.24) is 15.1 Å². The number of hydrogen-bond donors (Lipinski definition) is 1. The van der Waals surface area contributed by atoms with Crippen molar-refractivity contribution in [3.8, 4) is 0 Å². The van der Waals surface area contributed by atoms with Gasteiger partial charge in [-0.15, -0.1) is 0 Å². The lowest BCUT2D eigenvalue weighted by atomic mass is 10.3. The van der Waals surface area contributed by atoms with Crippen molar-refractivity contribution < 1.29 is 4.21 Å². The average Bonchev–Trinajstić information content (AvgIpc) is 2.30. The van der Waals surface area contributed by atoms with E-state index in [0.29, 0.717) is 0 Å². The highest BCUT2D eigenvalue weighted by molar-refractivity contribution is 7.85. The molecule has 0 aromatic rings. The zero-order valence-electron chi connectivity index (χ0n) is 9.28. The third-order valence-corrected chi connectivity index (χ3v) is 4.49. The Morgan fingerprint density at radius 1 is 0.933 bits per heavy atom. The van der Waals surface area contributed by atoms with Crippen LogP contribution in [0.4, 0.5) is 0 Å². The fourth-order valence-corrected chi connectivity index (χ4v) is 3.24. The van der Waals surface area contributed by atoms with Crippen LogP contribution in [-0.4, -0.2) is 77.9 Å². The standard InChI is InChI=1S/C10H21N3OS/c14-15-9-7-13(8-10-15)6-5-12-3-1-11-2-4-12/h11H,1-10H2. The maximum absolute atomic E-state index is 11.2. The van der Waals surface area contributed by atoms with Gasteiger partial charge in [-0.25, -0.2) is 0 Å². The monoisotopic (exact) mass is 231 g/mol. The normalized spacial score (nSPS) is 26.9. The van der Waals surface area contributed by atoms with Crippen LogP contribution in [0.25, 0.3) is 0 Å². The highest BCUT2D eigenvalue weighted by atomic mass is 32.2. The second-order valence-electron chi connectivity index (χ2n) is 4.28. The maximum atomic E-state index is 11.2. The quantitative estimate of drug-likeness (QED) is 0.673. The van der Waals surface area contributed by atoms with Crippen LogP contribution in [0.3, 0.4) is 0 Å². The van der Waals surface area contributed by atoms with Crippen LogP contribution in [-0.2, 0) is 10.8 Å². The lowest BCUT2D eigenvalue weighted by Gasteiger charge is -2.31. The molecule has 0 unspecified atom stereocenters. The molecule has 88 valence electrons. The molecule has 0 amide bonds. The molecule has 0 saturated carbocycles. The van der Waals surface area contributed by atoms with Gasteiger partial charge in [0.1, 0.15) is 0 Å². The smallest absolute Gasteiger partial charge is 0.0363 e. The molecule has 2 heterocycles. The van der Waals surface area contributed by atoms with E-state index in [0.717, 1.165) is 44.2 Å². The van der Waals surface area contributed by atoms with Crippen LogP contribution < -0.4 is 5.32 Å². The molecule has 0 spiro atoms. The third kappa shape index (κ3) is 3.83. The molecular weight excluding hydrogens is 210 g/mol. The molecule has 2 rings (SSSR count). The average molecular weight is 231 g/mol. The molecule has 4 nitrogen and oxygen atoms in total. The van der Waals surface area contributed by atoms with E-state index in [9.17, 15) is 4.21 Å². The van der Waals surface area contributed by atoms with Gasteiger partial charge in [0.25, 0.3) is 0 Å². The Hall–Kier alpha value is 0.0300. The van der Waals surface area contributed by atoms with E-state index >= 15 is 0 Å².